The monoisotopic (exact) mass is 369 g/mol. The molecule has 0 aliphatic carbocycles. The summed E-state index contributed by atoms with van der Waals surface area (Å²) in [5.41, 5.74) is 3.99. The molecule has 1 amide bonds. The van der Waals surface area contributed by atoms with E-state index in [1.807, 2.05) is 73.7 Å². The van der Waals surface area contributed by atoms with Gasteiger partial charge in [-0.25, -0.2) is 9.97 Å². The van der Waals surface area contributed by atoms with Crippen LogP contribution in [-0.4, -0.2) is 23.0 Å². The molecule has 5 nitrogen and oxygen atoms in total. The molecule has 0 aliphatic heterocycles. The molecular weight excluding hydrogens is 350 g/mol. The van der Waals surface area contributed by atoms with Gasteiger partial charge in [-0.2, -0.15) is 0 Å². The zero-order valence-corrected chi connectivity index (χ0v) is 15.6. The van der Waals surface area contributed by atoms with Crippen molar-refractivity contribution in [3.8, 4) is 17.0 Å². The summed E-state index contributed by atoms with van der Waals surface area (Å²) in [6.07, 6.45) is 1.68. The van der Waals surface area contributed by atoms with Gasteiger partial charge in [-0.1, -0.05) is 18.2 Å². The van der Waals surface area contributed by atoms with Crippen LogP contribution in [-0.2, 0) is 0 Å². The van der Waals surface area contributed by atoms with Crippen LogP contribution in [0.5, 0.6) is 5.75 Å². The minimum absolute atomic E-state index is 0.216. The third-order valence-electron chi connectivity index (χ3n) is 4.50. The molecule has 4 rings (SSSR count). The number of anilines is 1. The second kappa shape index (κ2) is 7.48. The van der Waals surface area contributed by atoms with Crippen molar-refractivity contribution in [1.29, 1.82) is 0 Å². The summed E-state index contributed by atoms with van der Waals surface area (Å²) in [7, 11) is 1.63. The maximum absolute atomic E-state index is 13.0. The number of fused-ring (bicyclic) bond motifs is 1. The zero-order valence-electron chi connectivity index (χ0n) is 15.6. The number of pyridine rings is 2. The van der Waals surface area contributed by atoms with Crippen LogP contribution < -0.4 is 10.1 Å². The van der Waals surface area contributed by atoms with Gasteiger partial charge in [0.05, 0.1) is 23.9 Å². The summed E-state index contributed by atoms with van der Waals surface area (Å²) in [5, 5.41) is 3.69. The van der Waals surface area contributed by atoms with Gasteiger partial charge in [-0.3, -0.25) is 4.79 Å². The van der Waals surface area contributed by atoms with Gasteiger partial charge in [-0.05, 0) is 61.0 Å². The zero-order chi connectivity index (χ0) is 19.5. The molecule has 0 saturated heterocycles. The molecule has 0 bridgehead atoms. The maximum atomic E-state index is 13.0. The number of aryl methyl sites for hydroxylation is 1. The number of methoxy groups -OCH3 is 1. The van der Waals surface area contributed by atoms with Crippen molar-refractivity contribution in [1.82, 2.24) is 9.97 Å². The smallest absolute Gasteiger partial charge is 0.257 e. The Balaban J connectivity index is 1.78. The molecule has 0 atom stereocenters. The molecule has 2 aromatic carbocycles. The first kappa shape index (κ1) is 17.7. The van der Waals surface area contributed by atoms with E-state index in [1.165, 1.54) is 0 Å². The van der Waals surface area contributed by atoms with Gasteiger partial charge in [0.25, 0.3) is 5.91 Å². The second-order valence-corrected chi connectivity index (χ2v) is 6.47. The van der Waals surface area contributed by atoms with E-state index in [0.29, 0.717) is 11.4 Å². The lowest BCUT2D eigenvalue weighted by Gasteiger charge is -2.11. The minimum atomic E-state index is -0.216. The molecule has 2 heterocycles. The molecule has 1 N–H and O–H groups in total. The number of amides is 1. The van der Waals surface area contributed by atoms with Gasteiger partial charge >= 0.3 is 0 Å². The highest BCUT2D eigenvalue weighted by atomic mass is 16.5. The Morgan fingerprint density at radius 1 is 1.00 bits per heavy atom. The van der Waals surface area contributed by atoms with Crippen molar-refractivity contribution < 1.29 is 9.53 Å². The lowest BCUT2D eigenvalue weighted by atomic mass is 10.0. The fourth-order valence-corrected chi connectivity index (χ4v) is 3.06. The third kappa shape index (κ3) is 3.55. The first-order valence-corrected chi connectivity index (χ1v) is 8.92. The number of carbonyl (C=O) groups excluding carboxylic acids is 1. The molecule has 0 aliphatic rings. The average Bonchev–Trinajstić information content (AvgIpc) is 2.73. The summed E-state index contributed by atoms with van der Waals surface area (Å²) in [5.74, 6) is 1.08. The SMILES string of the molecule is COc1ccc(-c2cc(C(=O)Nc3cc(C)ccn3)c3ccccc3n2)cc1. The van der Waals surface area contributed by atoms with Crippen molar-refractivity contribution in [3.05, 3.63) is 84.1 Å². The Hall–Kier alpha value is -3.73. The van der Waals surface area contributed by atoms with Gasteiger partial charge in [0, 0.05) is 17.1 Å². The predicted octanol–water partition coefficient (Wildman–Crippen LogP) is 4.87. The number of benzene rings is 2. The summed E-state index contributed by atoms with van der Waals surface area (Å²) < 4.78 is 5.22. The topological polar surface area (TPSA) is 64.1 Å². The quantitative estimate of drug-likeness (QED) is 0.558. The molecule has 0 spiro atoms. The van der Waals surface area contributed by atoms with E-state index in [1.54, 1.807) is 13.3 Å². The van der Waals surface area contributed by atoms with E-state index in [-0.39, 0.29) is 5.91 Å². The summed E-state index contributed by atoms with van der Waals surface area (Å²) in [6, 6.07) is 20.8. The Labute approximate surface area is 163 Å². The van der Waals surface area contributed by atoms with Gasteiger partial charge in [0.2, 0.25) is 0 Å². The first-order chi connectivity index (χ1) is 13.6. The van der Waals surface area contributed by atoms with Crippen molar-refractivity contribution in [3.63, 3.8) is 0 Å². The van der Waals surface area contributed by atoms with Crippen LogP contribution in [0.1, 0.15) is 15.9 Å². The molecule has 0 fully saturated rings. The number of para-hydroxylation sites is 1. The molecule has 2 aromatic heterocycles. The highest BCUT2D eigenvalue weighted by Crippen LogP contribution is 2.27. The maximum Gasteiger partial charge on any atom is 0.257 e. The number of hydrogen-bond acceptors (Lipinski definition) is 4. The third-order valence-corrected chi connectivity index (χ3v) is 4.50. The van der Waals surface area contributed by atoms with Gasteiger partial charge in [0.15, 0.2) is 0 Å². The van der Waals surface area contributed by atoms with Crippen molar-refractivity contribution in [2.45, 2.75) is 6.92 Å². The van der Waals surface area contributed by atoms with E-state index in [0.717, 1.165) is 33.5 Å². The number of nitrogens with one attached hydrogen (secondary N) is 1. The fraction of sp³-hybridized carbons (Fsp3) is 0.0870. The van der Waals surface area contributed by atoms with E-state index in [4.69, 9.17) is 9.72 Å². The molecule has 28 heavy (non-hydrogen) atoms. The van der Waals surface area contributed by atoms with Gasteiger partial charge in [0.1, 0.15) is 11.6 Å². The highest BCUT2D eigenvalue weighted by molar-refractivity contribution is 6.12. The molecule has 4 aromatic rings. The molecule has 138 valence electrons. The lowest BCUT2D eigenvalue weighted by Crippen LogP contribution is -2.14. The van der Waals surface area contributed by atoms with E-state index < -0.39 is 0 Å². The molecule has 0 radical (unpaired) electrons. The number of nitrogens with zero attached hydrogens (tertiary/aromatic N) is 2. The lowest BCUT2D eigenvalue weighted by molar-refractivity contribution is 0.102. The van der Waals surface area contributed by atoms with Crippen molar-refractivity contribution in [2.75, 3.05) is 12.4 Å². The summed E-state index contributed by atoms with van der Waals surface area (Å²) in [6.45, 7) is 1.96. The Morgan fingerprint density at radius 2 is 1.79 bits per heavy atom. The molecule has 5 heteroatoms. The highest BCUT2D eigenvalue weighted by Gasteiger charge is 2.14. The normalized spacial score (nSPS) is 10.6. The van der Waals surface area contributed by atoms with Gasteiger partial charge < -0.3 is 10.1 Å². The van der Waals surface area contributed by atoms with Crippen LogP contribution >= 0.6 is 0 Å². The van der Waals surface area contributed by atoms with Crippen LogP contribution in [0, 0.1) is 6.92 Å². The number of aromatic nitrogens is 2. The first-order valence-electron chi connectivity index (χ1n) is 8.92. The number of hydrogen-bond donors (Lipinski definition) is 1. The summed E-state index contributed by atoms with van der Waals surface area (Å²) >= 11 is 0. The number of carbonyl (C=O) groups is 1. The van der Waals surface area contributed by atoms with Crippen LogP contribution in [0.2, 0.25) is 0 Å². The number of ether oxygens (including phenoxy) is 1. The van der Waals surface area contributed by atoms with E-state index in [2.05, 4.69) is 10.3 Å². The van der Waals surface area contributed by atoms with Gasteiger partial charge in [-0.15, -0.1) is 0 Å². The standard InChI is InChI=1S/C23H19N3O2/c1-15-11-12-24-22(13-15)26-23(27)19-14-21(16-7-9-17(28-2)10-8-16)25-20-6-4-3-5-18(19)20/h3-14H,1-2H3,(H,24,26,27). The van der Waals surface area contributed by atoms with Crippen LogP contribution in [0.4, 0.5) is 5.82 Å². The second-order valence-electron chi connectivity index (χ2n) is 6.47. The minimum Gasteiger partial charge on any atom is -0.497 e. The molecular formula is C23H19N3O2. The van der Waals surface area contributed by atoms with Crippen molar-refractivity contribution in [2.24, 2.45) is 0 Å². The molecule has 0 unspecified atom stereocenters. The van der Waals surface area contributed by atoms with Crippen molar-refractivity contribution >= 4 is 22.6 Å². The average molecular weight is 369 g/mol. The van der Waals surface area contributed by atoms with E-state index >= 15 is 0 Å². The Bertz CT molecular complexity index is 1150. The van der Waals surface area contributed by atoms with Crippen LogP contribution in [0.25, 0.3) is 22.2 Å². The molecule has 0 saturated carbocycles. The van der Waals surface area contributed by atoms with Crippen LogP contribution in [0.15, 0.2) is 72.9 Å². The Kier molecular flexibility index (Phi) is 4.72. The van der Waals surface area contributed by atoms with Crippen LogP contribution in [0.3, 0.4) is 0 Å². The predicted molar refractivity (Wildman–Crippen MR) is 111 cm³/mol. The Morgan fingerprint density at radius 3 is 2.54 bits per heavy atom. The summed E-state index contributed by atoms with van der Waals surface area (Å²) in [4.78, 5) is 22.0. The number of rotatable bonds is 4. The fourth-order valence-electron chi connectivity index (χ4n) is 3.06. The largest absolute Gasteiger partial charge is 0.497 e. The van der Waals surface area contributed by atoms with E-state index in [9.17, 15) is 4.79 Å².